The standard InChI is InChI=1S/C69H140O35/c1-71-4-5-73-8-9-75-12-13-77-16-17-79-20-21-81-24-25-83-28-29-85-32-33-87-36-37-89-40-41-91-44-45-93-48-49-95-52-53-97-56-57-99-60-61-101-64-65-103-68-69-104-67-66-102-63-62-100-59-58-98-55-54-96-51-50-94-47-46-92-43-42-90-39-38-88-35-34-86-31-30-84-27-26-82-23-22-80-19-18-78-15-14-76-11-10-74-7-6-72-3-2-70/h70H,2-69H2,1H3. The molecule has 35 nitrogen and oxygen atoms in total. The zero-order valence-corrected chi connectivity index (χ0v) is 63.4. The molecule has 0 aliphatic carbocycles. The lowest BCUT2D eigenvalue weighted by Crippen LogP contribution is -2.16. The Kier molecular flexibility index (Phi) is 100. The quantitative estimate of drug-likeness (QED) is 0.0793. The molecule has 626 valence electrons. The van der Waals surface area contributed by atoms with E-state index in [1.807, 2.05) is 0 Å². The predicted octanol–water partition coefficient (Wildman–Crippen LogP) is 0.173. The van der Waals surface area contributed by atoms with Crippen molar-refractivity contribution in [1.29, 1.82) is 0 Å². The minimum Gasteiger partial charge on any atom is -0.394 e. The Morgan fingerprint density at radius 2 is 0.154 bits per heavy atom. The van der Waals surface area contributed by atoms with E-state index in [0.717, 1.165) is 0 Å². The Labute approximate surface area is 620 Å². The minimum absolute atomic E-state index is 0.0159. The zero-order valence-electron chi connectivity index (χ0n) is 63.4. The van der Waals surface area contributed by atoms with Crippen molar-refractivity contribution in [2.75, 3.05) is 456 Å². The number of ether oxygens (including phenoxy) is 34. The maximum absolute atomic E-state index is 8.62. The van der Waals surface area contributed by atoms with Crippen molar-refractivity contribution in [3.8, 4) is 0 Å². The average Bonchev–Trinajstić information content (AvgIpc) is 3.68. The van der Waals surface area contributed by atoms with Crippen LogP contribution in [0.25, 0.3) is 0 Å². The van der Waals surface area contributed by atoms with E-state index in [9.17, 15) is 0 Å². The first-order valence-corrected chi connectivity index (χ1v) is 37.1. The summed E-state index contributed by atoms with van der Waals surface area (Å²) in [7, 11) is 1.64. The van der Waals surface area contributed by atoms with Gasteiger partial charge in [0.2, 0.25) is 0 Å². The second-order valence-corrected chi connectivity index (χ2v) is 20.9. The van der Waals surface area contributed by atoms with Crippen molar-refractivity contribution < 1.29 is 166 Å². The molecule has 0 heterocycles. The zero-order chi connectivity index (χ0) is 74.1. The van der Waals surface area contributed by atoms with Gasteiger partial charge in [-0.2, -0.15) is 0 Å². The molecule has 0 aromatic heterocycles. The predicted molar refractivity (Wildman–Crippen MR) is 376 cm³/mol. The molecule has 35 heteroatoms. The van der Waals surface area contributed by atoms with E-state index in [1.165, 1.54) is 0 Å². The summed E-state index contributed by atoms with van der Waals surface area (Å²) >= 11 is 0. The van der Waals surface area contributed by atoms with Crippen LogP contribution in [0.5, 0.6) is 0 Å². The molecule has 0 saturated carbocycles. The summed E-state index contributed by atoms with van der Waals surface area (Å²) in [5.74, 6) is 0. The average molecular weight is 1530 g/mol. The monoisotopic (exact) mass is 1530 g/mol. The van der Waals surface area contributed by atoms with Crippen LogP contribution in [-0.2, 0) is 161 Å². The van der Waals surface area contributed by atoms with Gasteiger partial charge in [-0.15, -0.1) is 0 Å². The van der Waals surface area contributed by atoms with Crippen LogP contribution in [0.3, 0.4) is 0 Å². The molecule has 0 aromatic rings. The number of aliphatic hydroxyl groups is 1. The third kappa shape index (κ3) is 101. The van der Waals surface area contributed by atoms with Crippen LogP contribution in [0.2, 0.25) is 0 Å². The first-order valence-electron chi connectivity index (χ1n) is 37.1. The van der Waals surface area contributed by atoms with Crippen molar-refractivity contribution in [2.24, 2.45) is 0 Å². The topological polar surface area (TPSA) is 334 Å². The summed E-state index contributed by atoms with van der Waals surface area (Å²) in [5.41, 5.74) is 0. The second-order valence-electron chi connectivity index (χ2n) is 20.9. The molecule has 1 N–H and O–H groups in total. The van der Waals surface area contributed by atoms with Gasteiger partial charge < -0.3 is 166 Å². The van der Waals surface area contributed by atoms with Gasteiger partial charge >= 0.3 is 0 Å². The van der Waals surface area contributed by atoms with Crippen LogP contribution < -0.4 is 0 Å². The Morgan fingerprint density at radius 3 is 0.212 bits per heavy atom. The Balaban J connectivity index is 3.09. The summed E-state index contributed by atoms with van der Waals surface area (Å²) in [6.45, 7) is 32.7. The number of aliphatic hydroxyl groups excluding tert-OH is 1. The van der Waals surface area contributed by atoms with Crippen molar-refractivity contribution in [3.05, 3.63) is 0 Å². The fourth-order valence-electron chi connectivity index (χ4n) is 7.35. The lowest BCUT2D eigenvalue weighted by molar-refractivity contribution is -0.0326. The van der Waals surface area contributed by atoms with Crippen molar-refractivity contribution in [2.45, 2.75) is 0 Å². The number of rotatable bonds is 101. The van der Waals surface area contributed by atoms with E-state index in [-0.39, 0.29) is 6.61 Å². The molecular weight excluding hydrogens is 1390 g/mol. The highest BCUT2D eigenvalue weighted by Crippen LogP contribution is 1.94. The summed E-state index contributed by atoms with van der Waals surface area (Å²) in [5, 5.41) is 8.62. The Bertz CT molecular complexity index is 1350. The number of methoxy groups -OCH3 is 1. The first-order chi connectivity index (χ1) is 51.9. The molecule has 0 fully saturated rings. The summed E-state index contributed by atoms with van der Waals surface area (Å²) < 4.78 is 186. The molecule has 104 heavy (non-hydrogen) atoms. The molecule has 0 bridgehead atoms. The molecule has 0 spiro atoms. The molecular formula is C69H140O35. The molecule has 0 amide bonds. The SMILES string of the molecule is COCCOCCOCCOCCOCCOCCOCCOCCOCCOCCOCCOCCOCCOCCOCCOCCOCCOCCOCCOCCOCCOCCOCCOCCOCCOCCOCCOCCOCCOCCOCCOCCOCCOCCO. The Hall–Kier alpha value is -1.40. The lowest BCUT2D eigenvalue weighted by atomic mass is 10.6. The van der Waals surface area contributed by atoms with Gasteiger partial charge in [0.25, 0.3) is 0 Å². The summed E-state index contributed by atoms with van der Waals surface area (Å²) in [6.07, 6.45) is 0. The molecule has 0 aromatic carbocycles. The van der Waals surface area contributed by atoms with Gasteiger partial charge in [-0.3, -0.25) is 0 Å². The van der Waals surface area contributed by atoms with Crippen LogP contribution in [0.4, 0.5) is 0 Å². The van der Waals surface area contributed by atoms with Gasteiger partial charge in [-0.1, -0.05) is 0 Å². The van der Waals surface area contributed by atoms with E-state index in [1.54, 1.807) is 7.11 Å². The normalized spacial score (nSPS) is 11.8. The van der Waals surface area contributed by atoms with Crippen LogP contribution >= 0.6 is 0 Å². The van der Waals surface area contributed by atoms with Crippen LogP contribution in [0.15, 0.2) is 0 Å². The highest BCUT2D eigenvalue weighted by molar-refractivity contribution is 4.45. The van der Waals surface area contributed by atoms with Gasteiger partial charge in [0, 0.05) is 7.11 Å². The van der Waals surface area contributed by atoms with Crippen molar-refractivity contribution >= 4 is 0 Å². The largest absolute Gasteiger partial charge is 0.394 e. The third-order valence-electron chi connectivity index (χ3n) is 12.6. The first kappa shape index (κ1) is 103. The van der Waals surface area contributed by atoms with Gasteiger partial charge in [0.05, 0.1) is 449 Å². The maximum Gasteiger partial charge on any atom is 0.0701 e. The van der Waals surface area contributed by atoms with Crippen molar-refractivity contribution in [1.82, 2.24) is 0 Å². The molecule has 0 aliphatic heterocycles. The van der Waals surface area contributed by atoms with Gasteiger partial charge in [-0.05, 0) is 0 Å². The van der Waals surface area contributed by atoms with Gasteiger partial charge in [0.15, 0.2) is 0 Å². The number of hydrogen-bond donors (Lipinski definition) is 1. The van der Waals surface area contributed by atoms with Crippen LogP contribution in [-0.4, -0.2) is 461 Å². The van der Waals surface area contributed by atoms with Gasteiger partial charge in [-0.25, -0.2) is 0 Å². The summed E-state index contributed by atoms with van der Waals surface area (Å²) in [6, 6.07) is 0. The molecule has 0 unspecified atom stereocenters. The minimum atomic E-state index is 0.0159. The van der Waals surface area contributed by atoms with E-state index in [2.05, 4.69) is 0 Å². The van der Waals surface area contributed by atoms with Gasteiger partial charge in [0.1, 0.15) is 0 Å². The number of hydrogen-bond acceptors (Lipinski definition) is 35. The Morgan fingerprint density at radius 1 is 0.0962 bits per heavy atom. The van der Waals surface area contributed by atoms with E-state index in [4.69, 9.17) is 166 Å². The highest BCUT2D eigenvalue weighted by Gasteiger charge is 2.03. The maximum atomic E-state index is 8.62. The highest BCUT2D eigenvalue weighted by atomic mass is 16.6. The molecule has 0 rings (SSSR count). The van der Waals surface area contributed by atoms with E-state index < -0.39 is 0 Å². The van der Waals surface area contributed by atoms with Crippen LogP contribution in [0, 0.1) is 0 Å². The molecule has 0 saturated heterocycles. The fourth-order valence-corrected chi connectivity index (χ4v) is 7.35. The molecule has 0 aliphatic rings. The lowest BCUT2D eigenvalue weighted by Gasteiger charge is -2.09. The molecule has 0 radical (unpaired) electrons. The van der Waals surface area contributed by atoms with E-state index in [0.29, 0.717) is 443 Å². The summed E-state index contributed by atoms with van der Waals surface area (Å²) in [4.78, 5) is 0. The van der Waals surface area contributed by atoms with Crippen molar-refractivity contribution in [3.63, 3.8) is 0 Å². The fraction of sp³-hybridized carbons (Fsp3) is 1.00. The van der Waals surface area contributed by atoms with E-state index >= 15 is 0 Å². The van der Waals surface area contributed by atoms with Crippen LogP contribution in [0.1, 0.15) is 0 Å². The second kappa shape index (κ2) is 102. The smallest absolute Gasteiger partial charge is 0.0701 e. The third-order valence-corrected chi connectivity index (χ3v) is 12.6. The molecule has 0 atom stereocenters.